The van der Waals surface area contributed by atoms with Crippen molar-refractivity contribution in [1.29, 1.82) is 0 Å². The molecule has 1 aliphatic rings. The van der Waals surface area contributed by atoms with Crippen LogP contribution in [0.4, 0.5) is 0 Å². The van der Waals surface area contributed by atoms with E-state index in [0.29, 0.717) is 32.4 Å². The highest BCUT2D eigenvalue weighted by Crippen LogP contribution is 2.25. The largest absolute Gasteiger partial charge is 0.494 e. The minimum absolute atomic E-state index is 0.0904. The maximum absolute atomic E-state index is 12.8. The van der Waals surface area contributed by atoms with E-state index >= 15 is 0 Å². The van der Waals surface area contributed by atoms with Crippen LogP contribution in [0.15, 0.2) is 30.6 Å². The van der Waals surface area contributed by atoms with Crippen molar-refractivity contribution in [3.05, 3.63) is 47.5 Å². The maximum atomic E-state index is 12.8. The van der Waals surface area contributed by atoms with Crippen LogP contribution in [0.25, 0.3) is 0 Å². The topological polar surface area (TPSA) is 84.5 Å². The van der Waals surface area contributed by atoms with Crippen LogP contribution in [0.5, 0.6) is 5.75 Å². The fourth-order valence-corrected chi connectivity index (χ4v) is 3.45. The molecule has 2 heterocycles. The highest BCUT2D eigenvalue weighted by molar-refractivity contribution is 5.85. The lowest BCUT2D eigenvalue weighted by atomic mass is 9.87. The first-order valence-corrected chi connectivity index (χ1v) is 9.91. The summed E-state index contributed by atoms with van der Waals surface area (Å²) < 4.78 is 10.7. The Bertz CT molecular complexity index is 852. The van der Waals surface area contributed by atoms with E-state index < -0.39 is 12.0 Å². The fourth-order valence-electron chi connectivity index (χ4n) is 3.45. The van der Waals surface area contributed by atoms with Crippen LogP contribution in [0.3, 0.4) is 0 Å². The lowest BCUT2D eigenvalue weighted by molar-refractivity contribution is -0.154. The van der Waals surface area contributed by atoms with Crippen molar-refractivity contribution in [2.24, 2.45) is 0 Å². The van der Waals surface area contributed by atoms with Crippen molar-refractivity contribution in [3.8, 4) is 5.75 Å². The number of imidazole rings is 1. The number of nitrogens with one attached hydrogen (secondary N) is 1. The number of rotatable bonds is 6. The molecule has 7 heteroatoms. The minimum Gasteiger partial charge on any atom is -0.494 e. The highest BCUT2D eigenvalue weighted by Gasteiger charge is 2.36. The van der Waals surface area contributed by atoms with Gasteiger partial charge in [0.2, 0.25) is 5.91 Å². The van der Waals surface area contributed by atoms with Crippen LogP contribution >= 0.6 is 0 Å². The molecule has 0 bridgehead atoms. The Morgan fingerprint density at radius 1 is 1.24 bits per heavy atom. The van der Waals surface area contributed by atoms with Gasteiger partial charge in [0.25, 0.3) is 0 Å². The van der Waals surface area contributed by atoms with Crippen molar-refractivity contribution in [2.45, 2.75) is 58.0 Å². The van der Waals surface area contributed by atoms with Crippen LogP contribution < -0.4 is 4.74 Å². The average Bonchev–Trinajstić information content (AvgIpc) is 3.16. The molecule has 29 heavy (non-hydrogen) atoms. The molecule has 1 unspecified atom stereocenters. The van der Waals surface area contributed by atoms with E-state index in [1.807, 2.05) is 12.1 Å². The van der Waals surface area contributed by atoms with Gasteiger partial charge < -0.3 is 19.4 Å². The van der Waals surface area contributed by atoms with E-state index in [4.69, 9.17) is 9.47 Å². The fraction of sp³-hybridized carbons (Fsp3) is 0.500. The normalized spacial score (nSPS) is 16.3. The number of fused-ring (bicyclic) bond motifs is 1. The Morgan fingerprint density at radius 3 is 2.62 bits per heavy atom. The molecular weight excluding hydrogens is 370 g/mol. The number of aromatic nitrogens is 2. The number of amides is 1. The highest BCUT2D eigenvalue weighted by atomic mass is 16.5. The molecule has 1 aromatic carbocycles. The van der Waals surface area contributed by atoms with Gasteiger partial charge in [0.15, 0.2) is 0 Å². The van der Waals surface area contributed by atoms with Crippen molar-refractivity contribution >= 4 is 11.9 Å². The second kappa shape index (κ2) is 8.68. The van der Waals surface area contributed by atoms with E-state index in [2.05, 4.69) is 42.9 Å². The number of aromatic amines is 1. The van der Waals surface area contributed by atoms with E-state index in [9.17, 15) is 9.59 Å². The van der Waals surface area contributed by atoms with E-state index in [0.717, 1.165) is 17.1 Å². The van der Waals surface area contributed by atoms with Gasteiger partial charge in [-0.3, -0.25) is 4.79 Å². The third-order valence-electron chi connectivity index (χ3n) is 5.22. The van der Waals surface area contributed by atoms with Crippen LogP contribution in [0.1, 0.15) is 50.6 Å². The number of carbonyl (C=O) groups is 2. The Labute approximate surface area is 171 Å². The van der Waals surface area contributed by atoms with Gasteiger partial charge in [0, 0.05) is 12.8 Å². The number of benzene rings is 1. The first kappa shape index (κ1) is 20.9. The van der Waals surface area contributed by atoms with E-state index in [1.54, 1.807) is 11.2 Å². The summed E-state index contributed by atoms with van der Waals surface area (Å²) in [4.78, 5) is 33.7. The van der Waals surface area contributed by atoms with Gasteiger partial charge in [-0.05, 0) is 29.5 Å². The quantitative estimate of drug-likeness (QED) is 0.596. The Balaban J connectivity index is 1.52. The number of hydrogen-bond acceptors (Lipinski definition) is 5. The van der Waals surface area contributed by atoms with Crippen molar-refractivity contribution in [2.75, 3.05) is 13.7 Å². The summed E-state index contributed by atoms with van der Waals surface area (Å²) in [5.41, 5.74) is 3.03. The molecule has 7 nitrogen and oxygen atoms in total. The molecular formula is C22H29N3O4. The molecule has 1 aliphatic heterocycles. The lowest BCUT2D eigenvalue weighted by Crippen LogP contribution is -2.49. The number of esters is 1. The number of methoxy groups -OCH3 is 1. The van der Waals surface area contributed by atoms with Gasteiger partial charge in [-0.1, -0.05) is 32.9 Å². The van der Waals surface area contributed by atoms with Gasteiger partial charge >= 0.3 is 5.97 Å². The predicted molar refractivity (Wildman–Crippen MR) is 109 cm³/mol. The van der Waals surface area contributed by atoms with Gasteiger partial charge in [0.1, 0.15) is 11.8 Å². The second-order valence-electron chi connectivity index (χ2n) is 8.32. The number of hydrogen-bond donors (Lipinski definition) is 1. The Kier molecular flexibility index (Phi) is 6.25. The standard InChI is InChI=1S/C22H29N3O4/c1-22(2,3)15-7-9-16(10-8-15)29-11-5-6-20(26)25-13-18-17(23-14-24-18)12-19(25)21(27)28-4/h7-10,14,19H,5-6,11-13H2,1-4H3,(H,23,24). The molecule has 1 amide bonds. The summed E-state index contributed by atoms with van der Waals surface area (Å²) in [5.74, 6) is 0.285. The van der Waals surface area contributed by atoms with Gasteiger partial charge in [-0.25, -0.2) is 9.78 Å². The van der Waals surface area contributed by atoms with Crippen LogP contribution in [0.2, 0.25) is 0 Å². The van der Waals surface area contributed by atoms with Gasteiger partial charge in [-0.15, -0.1) is 0 Å². The first-order valence-electron chi connectivity index (χ1n) is 9.91. The molecule has 0 saturated carbocycles. The monoisotopic (exact) mass is 399 g/mol. The molecule has 0 saturated heterocycles. The number of ether oxygens (including phenoxy) is 2. The molecule has 2 aromatic rings. The van der Waals surface area contributed by atoms with Crippen molar-refractivity contribution in [3.63, 3.8) is 0 Å². The molecule has 156 valence electrons. The zero-order valence-corrected chi connectivity index (χ0v) is 17.5. The Morgan fingerprint density at radius 2 is 1.97 bits per heavy atom. The SMILES string of the molecule is COC(=O)C1Cc2nc[nH]c2CN1C(=O)CCCOc1ccc(C(C)(C)C)cc1. The van der Waals surface area contributed by atoms with Gasteiger partial charge in [0.05, 0.1) is 38.0 Å². The molecule has 0 aliphatic carbocycles. The molecule has 1 aromatic heterocycles. The third-order valence-corrected chi connectivity index (χ3v) is 5.22. The maximum Gasteiger partial charge on any atom is 0.329 e. The molecule has 0 spiro atoms. The first-order chi connectivity index (χ1) is 13.8. The average molecular weight is 399 g/mol. The summed E-state index contributed by atoms with van der Waals surface area (Å²) in [6.45, 7) is 7.28. The van der Waals surface area contributed by atoms with E-state index in [1.165, 1.54) is 12.7 Å². The minimum atomic E-state index is -0.630. The molecule has 1 N–H and O–H groups in total. The molecule has 3 rings (SSSR count). The van der Waals surface area contributed by atoms with Gasteiger partial charge in [-0.2, -0.15) is 0 Å². The van der Waals surface area contributed by atoms with Crippen LogP contribution in [-0.4, -0.2) is 46.5 Å². The number of H-pyrrole nitrogens is 1. The molecule has 1 atom stereocenters. The smallest absolute Gasteiger partial charge is 0.329 e. The summed E-state index contributed by atoms with van der Waals surface area (Å²) in [7, 11) is 1.34. The third kappa shape index (κ3) is 4.96. The van der Waals surface area contributed by atoms with Crippen molar-refractivity contribution < 1.29 is 19.1 Å². The Hall–Kier alpha value is -2.83. The number of carbonyl (C=O) groups excluding carboxylic acids is 2. The second-order valence-corrected chi connectivity index (χ2v) is 8.32. The zero-order valence-electron chi connectivity index (χ0n) is 17.5. The summed E-state index contributed by atoms with van der Waals surface area (Å²) >= 11 is 0. The number of nitrogens with zero attached hydrogens (tertiary/aromatic N) is 2. The van der Waals surface area contributed by atoms with Crippen molar-refractivity contribution in [1.82, 2.24) is 14.9 Å². The summed E-state index contributed by atoms with van der Waals surface area (Å²) in [5, 5.41) is 0. The summed E-state index contributed by atoms with van der Waals surface area (Å²) in [6, 6.07) is 7.42. The predicted octanol–water partition coefficient (Wildman–Crippen LogP) is 2.99. The zero-order chi connectivity index (χ0) is 21.0. The van der Waals surface area contributed by atoms with Crippen LogP contribution in [0, 0.1) is 0 Å². The summed E-state index contributed by atoms with van der Waals surface area (Å²) in [6.07, 6.45) is 2.83. The molecule has 0 fully saturated rings. The lowest BCUT2D eigenvalue weighted by Gasteiger charge is -2.33. The van der Waals surface area contributed by atoms with E-state index in [-0.39, 0.29) is 11.3 Å². The van der Waals surface area contributed by atoms with Crippen LogP contribution in [-0.2, 0) is 32.7 Å². The molecule has 0 radical (unpaired) electrons.